The third kappa shape index (κ3) is 2.38. The smallest absolute Gasteiger partial charge is 0.127 e. The normalized spacial score (nSPS) is 10.2. The van der Waals surface area contributed by atoms with E-state index in [4.69, 9.17) is 4.74 Å². The minimum Gasteiger partial charge on any atom is -0.496 e. The van der Waals surface area contributed by atoms with Crippen LogP contribution >= 0.6 is 0 Å². The van der Waals surface area contributed by atoms with Crippen molar-refractivity contribution in [3.63, 3.8) is 0 Å². The topological polar surface area (TPSA) is 35.0 Å². The molecular formula is C17H14N2O. The molecule has 3 aromatic rings. The van der Waals surface area contributed by atoms with E-state index in [0.29, 0.717) is 0 Å². The zero-order chi connectivity index (χ0) is 13.8. The minimum atomic E-state index is 0.845. The number of benzene rings is 1. The molecular weight excluding hydrogens is 248 g/mol. The van der Waals surface area contributed by atoms with Crippen LogP contribution in [0.4, 0.5) is 0 Å². The zero-order valence-corrected chi connectivity index (χ0v) is 11.2. The molecule has 98 valence electrons. The van der Waals surface area contributed by atoms with Gasteiger partial charge in [-0.25, -0.2) is 0 Å². The van der Waals surface area contributed by atoms with Crippen molar-refractivity contribution in [3.05, 3.63) is 67.3 Å². The Hall–Kier alpha value is -2.68. The van der Waals surface area contributed by atoms with Crippen LogP contribution < -0.4 is 4.74 Å². The molecule has 2 heterocycles. The van der Waals surface area contributed by atoms with Gasteiger partial charge in [-0.05, 0) is 35.4 Å². The summed E-state index contributed by atoms with van der Waals surface area (Å²) in [6.45, 7) is 0. The van der Waals surface area contributed by atoms with Crippen molar-refractivity contribution in [1.29, 1.82) is 0 Å². The summed E-state index contributed by atoms with van der Waals surface area (Å²) in [4.78, 5) is 8.19. The summed E-state index contributed by atoms with van der Waals surface area (Å²) in [5.74, 6) is 0.845. The van der Waals surface area contributed by atoms with Crippen LogP contribution in [0.1, 0.15) is 0 Å². The van der Waals surface area contributed by atoms with Gasteiger partial charge in [0.05, 0.1) is 7.11 Å². The van der Waals surface area contributed by atoms with Crippen LogP contribution in [0.15, 0.2) is 67.3 Å². The fourth-order valence-electron chi connectivity index (χ4n) is 2.17. The predicted molar refractivity (Wildman–Crippen MR) is 79.5 cm³/mol. The van der Waals surface area contributed by atoms with E-state index in [1.54, 1.807) is 25.7 Å². The molecule has 0 saturated heterocycles. The van der Waals surface area contributed by atoms with Crippen LogP contribution in [0.3, 0.4) is 0 Å². The molecule has 3 rings (SSSR count). The van der Waals surface area contributed by atoms with Gasteiger partial charge in [0.2, 0.25) is 0 Å². The highest BCUT2D eigenvalue weighted by molar-refractivity contribution is 5.75. The quantitative estimate of drug-likeness (QED) is 0.719. The van der Waals surface area contributed by atoms with Gasteiger partial charge in [0.1, 0.15) is 5.75 Å². The van der Waals surface area contributed by atoms with Gasteiger partial charge in [-0.2, -0.15) is 0 Å². The molecule has 0 amide bonds. The summed E-state index contributed by atoms with van der Waals surface area (Å²) in [6, 6.07) is 14.1. The summed E-state index contributed by atoms with van der Waals surface area (Å²) in [7, 11) is 1.69. The highest BCUT2D eigenvalue weighted by atomic mass is 16.5. The second-order valence-electron chi connectivity index (χ2n) is 4.39. The van der Waals surface area contributed by atoms with E-state index in [2.05, 4.69) is 22.1 Å². The van der Waals surface area contributed by atoms with Gasteiger partial charge < -0.3 is 4.74 Å². The maximum absolute atomic E-state index is 5.52. The van der Waals surface area contributed by atoms with Crippen LogP contribution in [-0.4, -0.2) is 17.1 Å². The van der Waals surface area contributed by atoms with Crippen LogP contribution in [0.2, 0.25) is 0 Å². The van der Waals surface area contributed by atoms with Gasteiger partial charge in [-0.3, -0.25) is 9.97 Å². The van der Waals surface area contributed by atoms with Crippen LogP contribution in [0.25, 0.3) is 22.3 Å². The van der Waals surface area contributed by atoms with Crippen LogP contribution in [0, 0.1) is 0 Å². The zero-order valence-electron chi connectivity index (χ0n) is 11.2. The van der Waals surface area contributed by atoms with Crippen molar-refractivity contribution in [3.8, 4) is 28.0 Å². The Morgan fingerprint density at radius 1 is 0.800 bits per heavy atom. The van der Waals surface area contributed by atoms with Gasteiger partial charge in [0, 0.05) is 35.9 Å². The first-order valence-electron chi connectivity index (χ1n) is 6.37. The largest absolute Gasteiger partial charge is 0.496 e. The molecule has 0 aliphatic rings. The standard InChI is InChI=1S/C17H14N2O/c1-20-17-11-14(15-3-2-8-19-12-15)4-5-16(17)13-6-9-18-10-7-13/h2-12H,1H3. The fourth-order valence-corrected chi connectivity index (χ4v) is 2.17. The Morgan fingerprint density at radius 3 is 2.35 bits per heavy atom. The summed E-state index contributed by atoms with van der Waals surface area (Å²) in [5, 5.41) is 0. The molecule has 0 bridgehead atoms. The summed E-state index contributed by atoms with van der Waals surface area (Å²) >= 11 is 0. The van der Waals surface area contributed by atoms with Crippen molar-refractivity contribution < 1.29 is 4.74 Å². The maximum Gasteiger partial charge on any atom is 0.127 e. The van der Waals surface area contributed by atoms with Gasteiger partial charge in [0.25, 0.3) is 0 Å². The van der Waals surface area contributed by atoms with Crippen molar-refractivity contribution in [1.82, 2.24) is 9.97 Å². The number of pyridine rings is 2. The van der Waals surface area contributed by atoms with E-state index in [9.17, 15) is 0 Å². The van der Waals surface area contributed by atoms with Gasteiger partial charge in [-0.1, -0.05) is 18.2 Å². The molecule has 2 aromatic heterocycles. The second-order valence-corrected chi connectivity index (χ2v) is 4.39. The number of nitrogens with zero attached hydrogens (tertiary/aromatic N) is 2. The Morgan fingerprint density at radius 2 is 1.65 bits per heavy atom. The third-order valence-electron chi connectivity index (χ3n) is 3.19. The van der Waals surface area contributed by atoms with Crippen LogP contribution in [0.5, 0.6) is 5.75 Å². The molecule has 0 aliphatic heterocycles. The lowest BCUT2D eigenvalue weighted by Gasteiger charge is -2.11. The lowest BCUT2D eigenvalue weighted by molar-refractivity contribution is 0.416. The van der Waals surface area contributed by atoms with Crippen molar-refractivity contribution in [2.45, 2.75) is 0 Å². The van der Waals surface area contributed by atoms with E-state index in [1.165, 1.54) is 0 Å². The lowest BCUT2D eigenvalue weighted by atomic mass is 10.0. The Kier molecular flexibility index (Phi) is 3.42. The molecule has 0 atom stereocenters. The van der Waals surface area contributed by atoms with E-state index >= 15 is 0 Å². The molecule has 0 unspecified atom stereocenters. The average molecular weight is 262 g/mol. The number of ether oxygens (including phenoxy) is 1. The van der Waals surface area contributed by atoms with Crippen molar-refractivity contribution >= 4 is 0 Å². The second kappa shape index (κ2) is 5.53. The SMILES string of the molecule is COc1cc(-c2cccnc2)ccc1-c1ccncc1. The molecule has 0 radical (unpaired) electrons. The average Bonchev–Trinajstić information content (AvgIpc) is 2.56. The molecule has 3 heteroatoms. The summed E-state index contributed by atoms with van der Waals surface area (Å²) in [5.41, 5.74) is 4.32. The fraction of sp³-hybridized carbons (Fsp3) is 0.0588. The summed E-state index contributed by atoms with van der Waals surface area (Å²) in [6.07, 6.45) is 7.18. The molecule has 0 saturated carbocycles. The first kappa shape index (κ1) is 12.4. The number of methoxy groups -OCH3 is 1. The molecule has 0 N–H and O–H groups in total. The Balaban J connectivity index is 2.07. The van der Waals surface area contributed by atoms with E-state index in [0.717, 1.165) is 28.0 Å². The molecule has 0 fully saturated rings. The molecule has 3 nitrogen and oxygen atoms in total. The molecule has 20 heavy (non-hydrogen) atoms. The Labute approximate surface area is 117 Å². The highest BCUT2D eigenvalue weighted by Crippen LogP contribution is 2.33. The first-order valence-corrected chi connectivity index (χ1v) is 6.37. The number of aromatic nitrogens is 2. The van der Waals surface area contributed by atoms with Crippen LogP contribution in [-0.2, 0) is 0 Å². The maximum atomic E-state index is 5.52. The molecule has 0 spiro atoms. The lowest BCUT2D eigenvalue weighted by Crippen LogP contribution is -1.89. The monoisotopic (exact) mass is 262 g/mol. The van der Waals surface area contributed by atoms with Gasteiger partial charge >= 0.3 is 0 Å². The minimum absolute atomic E-state index is 0.845. The Bertz CT molecular complexity index is 697. The summed E-state index contributed by atoms with van der Waals surface area (Å²) < 4.78 is 5.52. The first-order chi connectivity index (χ1) is 9.88. The predicted octanol–water partition coefficient (Wildman–Crippen LogP) is 3.82. The molecule has 1 aromatic carbocycles. The number of hydrogen-bond acceptors (Lipinski definition) is 3. The third-order valence-corrected chi connectivity index (χ3v) is 3.19. The van der Waals surface area contributed by atoms with E-state index in [1.807, 2.05) is 36.5 Å². The number of rotatable bonds is 3. The van der Waals surface area contributed by atoms with Gasteiger partial charge in [-0.15, -0.1) is 0 Å². The van der Waals surface area contributed by atoms with E-state index < -0.39 is 0 Å². The van der Waals surface area contributed by atoms with Crippen molar-refractivity contribution in [2.75, 3.05) is 7.11 Å². The number of hydrogen-bond donors (Lipinski definition) is 0. The van der Waals surface area contributed by atoms with Crippen molar-refractivity contribution in [2.24, 2.45) is 0 Å². The van der Waals surface area contributed by atoms with Gasteiger partial charge in [0.15, 0.2) is 0 Å². The molecule has 0 aliphatic carbocycles. The highest BCUT2D eigenvalue weighted by Gasteiger charge is 2.07. The van der Waals surface area contributed by atoms with E-state index in [-0.39, 0.29) is 0 Å².